The van der Waals surface area contributed by atoms with Crippen LogP contribution in [0.1, 0.15) is 29.0 Å². The maximum Gasteiger partial charge on any atom is 0.136 e. The monoisotopic (exact) mass is 264 g/mol. The van der Waals surface area contributed by atoms with Crippen molar-refractivity contribution in [2.75, 3.05) is 7.05 Å². The summed E-state index contributed by atoms with van der Waals surface area (Å²) >= 11 is 1.58. The molecule has 2 aromatic rings. The zero-order chi connectivity index (χ0) is 12.5. The van der Waals surface area contributed by atoms with Crippen LogP contribution >= 0.6 is 11.3 Å². The lowest BCUT2D eigenvalue weighted by Gasteiger charge is -2.31. The Bertz CT molecular complexity index is 544. The number of aromatic nitrogens is 1. The molecule has 0 fully saturated rings. The lowest BCUT2D eigenvalue weighted by Crippen LogP contribution is -2.26. The lowest BCUT2D eigenvalue weighted by atomic mass is 9.96. The summed E-state index contributed by atoms with van der Waals surface area (Å²) in [5, 5.41) is 3.22. The van der Waals surface area contributed by atoms with Crippen LogP contribution in [0.4, 0.5) is 4.39 Å². The highest BCUT2D eigenvalue weighted by Gasteiger charge is 2.29. The molecule has 1 aromatic heterocycles. The minimum Gasteiger partial charge on any atom is -0.484 e. The predicted octanol–water partition coefficient (Wildman–Crippen LogP) is 3.07. The van der Waals surface area contributed by atoms with Gasteiger partial charge in [0.1, 0.15) is 17.7 Å². The van der Waals surface area contributed by atoms with Crippen LogP contribution in [-0.4, -0.2) is 12.0 Å². The molecule has 5 heteroatoms. The van der Waals surface area contributed by atoms with Crippen LogP contribution in [0.2, 0.25) is 0 Å². The van der Waals surface area contributed by atoms with Crippen molar-refractivity contribution in [3.8, 4) is 5.75 Å². The third kappa shape index (κ3) is 2.00. The maximum absolute atomic E-state index is 13.3. The molecule has 0 radical (unpaired) electrons. The number of ether oxygens (including phenoxy) is 1. The van der Waals surface area contributed by atoms with Gasteiger partial charge in [-0.2, -0.15) is 0 Å². The number of fused-ring (bicyclic) bond motifs is 1. The molecule has 2 unspecified atom stereocenters. The number of halogens is 1. The molecule has 0 spiro atoms. The zero-order valence-corrected chi connectivity index (χ0v) is 10.7. The Labute approximate surface area is 109 Å². The quantitative estimate of drug-likeness (QED) is 0.905. The first kappa shape index (κ1) is 11.6. The first-order chi connectivity index (χ1) is 8.78. The van der Waals surface area contributed by atoms with Gasteiger partial charge < -0.3 is 10.1 Å². The molecule has 3 rings (SSSR count). The fourth-order valence-corrected chi connectivity index (χ4v) is 2.93. The van der Waals surface area contributed by atoms with E-state index in [0.717, 1.165) is 22.6 Å². The van der Waals surface area contributed by atoms with E-state index in [2.05, 4.69) is 10.3 Å². The second kappa shape index (κ2) is 4.66. The van der Waals surface area contributed by atoms with E-state index in [-0.39, 0.29) is 18.0 Å². The van der Waals surface area contributed by atoms with Crippen molar-refractivity contribution in [2.24, 2.45) is 0 Å². The van der Waals surface area contributed by atoms with Crippen molar-refractivity contribution < 1.29 is 9.13 Å². The molecule has 1 aliphatic heterocycles. The smallest absolute Gasteiger partial charge is 0.136 e. The van der Waals surface area contributed by atoms with Crippen molar-refractivity contribution >= 4 is 11.3 Å². The number of benzene rings is 1. The summed E-state index contributed by atoms with van der Waals surface area (Å²) < 4.78 is 19.2. The van der Waals surface area contributed by atoms with E-state index < -0.39 is 0 Å². The fourth-order valence-electron chi connectivity index (χ4n) is 2.27. The first-order valence-corrected chi connectivity index (χ1v) is 6.67. The molecule has 1 aromatic carbocycles. The number of hydrogen-bond donors (Lipinski definition) is 1. The molecule has 1 aliphatic rings. The lowest BCUT2D eigenvalue weighted by molar-refractivity contribution is 0.156. The minimum absolute atomic E-state index is 0.00656. The van der Waals surface area contributed by atoms with Gasteiger partial charge in [0.05, 0.1) is 10.4 Å². The van der Waals surface area contributed by atoms with Crippen molar-refractivity contribution in [1.29, 1.82) is 0 Å². The highest BCUT2D eigenvalue weighted by Crippen LogP contribution is 2.41. The summed E-state index contributed by atoms with van der Waals surface area (Å²) in [6.07, 6.45) is 2.61. The summed E-state index contributed by atoms with van der Waals surface area (Å²) in [5.74, 6) is 0.522. The van der Waals surface area contributed by atoms with Crippen LogP contribution in [0.25, 0.3) is 0 Å². The van der Waals surface area contributed by atoms with Gasteiger partial charge in [-0.05, 0) is 25.2 Å². The van der Waals surface area contributed by atoms with Crippen molar-refractivity contribution in [2.45, 2.75) is 18.6 Å². The molecular formula is C13H13FN2OS. The van der Waals surface area contributed by atoms with E-state index in [1.807, 2.05) is 13.2 Å². The van der Waals surface area contributed by atoms with E-state index >= 15 is 0 Å². The number of nitrogens with one attached hydrogen (secondary N) is 1. The summed E-state index contributed by atoms with van der Waals surface area (Å²) in [5.41, 5.74) is 2.69. The van der Waals surface area contributed by atoms with Crippen LogP contribution in [0.15, 0.2) is 29.9 Å². The Balaban J connectivity index is 1.97. The van der Waals surface area contributed by atoms with Gasteiger partial charge in [0.25, 0.3) is 0 Å². The third-order valence-corrected chi connectivity index (χ3v) is 4.05. The Hall–Kier alpha value is -1.46. The zero-order valence-electron chi connectivity index (χ0n) is 9.89. The van der Waals surface area contributed by atoms with Crippen LogP contribution in [0.3, 0.4) is 0 Å². The molecular weight excluding hydrogens is 251 g/mol. The second-order valence-electron chi connectivity index (χ2n) is 4.27. The molecule has 94 valence electrons. The van der Waals surface area contributed by atoms with E-state index in [4.69, 9.17) is 4.74 Å². The van der Waals surface area contributed by atoms with Gasteiger partial charge in [0, 0.05) is 24.2 Å². The largest absolute Gasteiger partial charge is 0.484 e. The molecule has 2 heterocycles. The van der Waals surface area contributed by atoms with Gasteiger partial charge >= 0.3 is 0 Å². The normalized spacial score (nSPS) is 22.3. The van der Waals surface area contributed by atoms with E-state index in [0.29, 0.717) is 0 Å². The van der Waals surface area contributed by atoms with Gasteiger partial charge in [-0.1, -0.05) is 0 Å². The van der Waals surface area contributed by atoms with Crippen molar-refractivity contribution in [3.05, 3.63) is 46.2 Å². The fraction of sp³-hybridized carbons (Fsp3) is 0.308. The molecule has 0 amide bonds. The summed E-state index contributed by atoms with van der Waals surface area (Å²) in [4.78, 5) is 5.18. The van der Waals surface area contributed by atoms with Crippen LogP contribution in [-0.2, 0) is 0 Å². The average Bonchev–Trinajstić information content (AvgIpc) is 2.91. The Morgan fingerprint density at radius 1 is 1.50 bits per heavy atom. The molecule has 0 bridgehead atoms. The molecule has 3 nitrogen and oxygen atoms in total. The summed E-state index contributed by atoms with van der Waals surface area (Å²) in [6.45, 7) is 0. The summed E-state index contributed by atoms with van der Waals surface area (Å²) in [7, 11) is 1.88. The molecule has 18 heavy (non-hydrogen) atoms. The number of nitrogens with zero attached hydrogens (tertiary/aromatic N) is 1. The second-order valence-corrected chi connectivity index (χ2v) is 5.19. The van der Waals surface area contributed by atoms with Gasteiger partial charge in [-0.15, -0.1) is 11.3 Å². The topological polar surface area (TPSA) is 34.2 Å². The van der Waals surface area contributed by atoms with Crippen molar-refractivity contribution in [3.63, 3.8) is 0 Å². The molecule has 0 aliphatic carbocycles. The molecule has 0 saturated carbocycles. The number of hydrogen-bond acceptors (Lipinski definition) is 4. The SMILES string of the molecule is CNC1CC(c2cncs2)Oc2ccc(F)cc21. The predicted molar refractivity (Wildman–Crippen MR) is 68.3 cm³/mol. The van der Waals surface area contributed by atoms with Crippen molar-refractivity contribution in [1.82, 2.24) is 10.3 Å². The molecule has 1 N–H and O–H groups in total. The van der Waals surface area contributed by atoms with E-state index in [1.165, 1.54) is 6.07 Å². The minimum atomic E-state index is -0.228. The standard InChI is InChI=1S/C13H13FN2OS/c1-15-10-5-12(13-6-16-7-18-13)17-11-3-2-8(14)4-9(10)11/h2-4,6-7,10,12,15H,5H2,1H3. The van der Waals surface area contributed by atoms with Gasteiger partial charge in [-0.3, -0.25) is 4.98 Å². The Morgan fingerprint density at radius 3 is 3.11 bits per heavy atom. The van der Waals surface area contributed by atoms with E-state index in [9.17, 15) is 4.39 Å². The molecule has 2 atom stereocenters. The Kier molecular flexibility index (Phi) is 3.01. The third-order valence-electron chi connectivity index (χ3n) is 3.18. The number of rotatable bonds is 2. The number of thiazole rings is 1. The first-order valence-electron chi connectivity index (χ1n) is 5.79. The van der Waals surface area contributed by atoms with Crippen LogP contribution in [0.5, 0.6) is 5.75 Å². The van der Waals surface area contributed by atoms with Crippen LogP contribution in [0, 0.1) is 5.82 Å². The van der Waals surface area contributed by atoms with E-state index in [1.54, 1.807) is 29.0 Å². The van der Waals surface area contributed by atoms with Gasteiger partial charge in [-0.25, -0.2) is 4.39 Å². The summed E-state index contributed by atoms with van der Waals surface area (Å²) in [6, 6.07) is 4.78. The van der Waals surface area contributed by atoms with Gasteiger partial charge in [0.15, 0.2) is 0 Å². The maximum atomic E-state index is 13.3. The van der Waals surface area contributed by atoms with Gasteiger partial charge in [0.2, 0.25) is 0 Å². The average molecular weight is 264 g/mol. The highest BCUT2D eigenvalue weighted by molar-refractivity contribution is 7.09. The Morgan fingerprint density at radius 2 is 2.39 bits per heavy atom. The highest BCUT2D eigenvalue weighted by atomic mass is 32.1. The molecule has 0 saturated heterocycles. The van der Waals surface area contributed by atoms with Crippen LogP contribution < -0.4 is 10.1 Å².